The highest BCUT2D eigenvalue weighted by atomic mass is 19.1. The number of nitrogens with one attached hydrogen (secondary N) is 1. The number of benzene rings is 1. The van der Waals surface area contributed by atoms with Crippen LogP contribution in [0.3, 0.4) is 0 Å². The lowest BCUT2D eigenvalue weighted by Gasteiger charge is -2.12. The van der Waals surface area contributed by atoms with Gasteiger partial charge in [-0.25, -0.2) is 14.4 Å². The fourth-order valence-electron chi connectivity index (χ4n) is 2.16. The summed E-state index contributed by atoms with van der Waals surface area (Å²) in [4.78, 5) is 23.9. The van der Waals surface area contributed by atoms with Gasteiger partial charge in [0.25, 0.3) is 5.56 Å². The van der Waals surface area contributed by atoms with E-state index in [-0.39, 0.29) is 11.6 Å². The van der Waals surface area contributed by atoms with Crippen molar-refractivity contribution in [2.45, 2.75) is 19.9 Å². The van der Waals surface area contributed by atoms with Crippen LogP contribution in [0.5, 0.6) is 0 Å². The third-order valence-corrected chi connectivity index (χ3v) is 3.28. The Morgan fingerprint density at radius 3 is 2.85 bits per heavy atom. The Balaban J connectivity index is 2.15. The van der Waals surface area contributed by atoms with Crippen molar-refractivity contribution < 1.29 is 4.39 Å². The number of imidazole rings is 1. The van der Waals surface area contributed by atoms with E-state index in [2.05, 4.69) is 15.0 Å². The van der Waals surface area contributed by atoms with Gasteiger partial charge in [-0.2, -0.15) is 0 Å². The molecule has 0 aliphatic carbocycles. The van der Waals surface area contributed by atoms with Gasteiger partial charge in [0.05, 0.1) is 23.3 Å². The molecule has 0 aliphatic rings. The molecule has 1 N–H and O–H groups in total. The van der Waals surface area contributed by atoms with Crippen LogP contribution in [0.25, 0.3) is 10.9 Å². The molecule has 3 aromatic rings. The highest BCUT2D eigenvalue weighted by Gasteiger charge is 2.14. The van der Waals surface area contributed by atoms with Crippen LogP contribution >= 0.6 is 0 Å². The standard InChI is InChI=1S/C14H13FN4O/c1-8-6-16-13(18-8)9(2)19-7-17-12-5-10(15)3-4-11(12)14(19)20/h3-7,9H,1-2H3,(H,16,18). The van der Waals surface area contributed by atoms with Gasteiger partial charge in [-0.1, -0.05) is 0 Å². The number of rotatable bonds is 2. The second kappa shape index (κ2) is 4.56. The minimum absolute atomic E-state index is 0.212. The molecule has 0 spiro atoms. The lowest BCUT2D eigenvalue weighted by molar-refractivity contribution is 0.579. The summed E-state index contributed by atoms with van der Waals surface area (Å²) < 4.78 is 14.6. The van der Waals surface area contributed by atoms with Gasteiger partial charge in [-0.05, 0) is 26.0 Å². The van der Waals surface area contributed by atoms with Crippen LogP contribution in [0, 0.1) is 12.7 Å². The molecule has 1 aromatic carbocycles. The van der Waals surface area contributed by atoms with Gasteiger partial charge < -0.3 is 4.98 Å². The fourth-order valence-corrected chi connectivity index (χ4v) is 2.16. The van der Waals surface area contributed by atoms with Crippen molar-refractivity contribution in [3.05, 3.63) is 58.4 Å². The minimum Gasteiger partial charge on any atom is -0.344 e. The predicted molar refractivity (Wildman–Crippen MR) is 73.1 cm³/mol. The van der Waals surface area contributed by atoms with Crippen LogP contribution in [-0.4, -0.2) is 19.5 Å². The van der Waals surface area contributed by atoms with Gasteiger partial charge in [0.1, 0.15) is 11.6 Å². The number of H-pyrrole nitrogens is 1. The normalized spacial score (nSPS) is 12.8. The SMILES string of the molecule is Cc1cnc(C(C)n2cnc3cc(F)ccc3c2=O)[nH]1. The van der Waals surface area contributed by atoms with E-state index in [1.165, 1.54) is 29.1 Å². The number of fused-ring (bicyclic) bond motifs is 1. The summed E-state index contributed by atoms with van der Waals surface area (Å²) in [5.41, 5.74) is 1.07. The molecule has 0 saturated carbocycles. The Morgan fingerprint density at radius 1 is 1.35 bits per heavy atom. The average Bonchev–Trinajstić information content (AvgIpc) is 2.85. The molecule has 5 nitrogen and oxygen atoms in total. The molecule has 2 aromatic heterocycles. The van der Waals surface area contributed by atoms with Crippen LogP contribution in [0.4, 0.5) is 4.39 Å². The summed E-state index contributed by atoms with van der Waals surface area (Å²) >= 11 is 0. The van der Waals surface area contributed by atoms with Gasteiger partial charge in [0, 0.05) is 18.0 Å². The molecular formula is C14H13FN4O. The second-order valence-electron chi connectivity index (χ2n) is 4.75. The molecule has 0 aliphatic heterocycles. The molecule has 2 heterocycles. The Labute approximate surface area is 114 Å². The van der Waals surface area contributed by atoms with E-state index < -0.39 is 5.82 Å². The molecule has 20 heavy (non-hydrogen) atoms. The maximum Gasteiger partial charge on any atom is 0.261 e. The maximum absolute atomic E-state index is 13.1. The van der Waals surface area contributed by atoms with Crippen molar-refractivity contribution in [3.63, 3.8) is 0 Å². The summed E-state index contributed by atoms with van der Waals surface area (Å²) in [6, 6.07) is 3.70. The first kappa shape index (κ1) is 12.5. The van der Waals surface area contributed by atoms with Gasteiger partial charge in [-0.15, -0.1) is 0 Å². The van der Waals surface area contributed by atoms with Gasteiger partial charge in [0.15, 0.2) is 0 Å². The number of aromatic nitrogens is 4. The Kier molecular flexibility index (Phi) is 2.85. The van der Waals surface area contributed by atoms with E-state index in [0.29, 0.717) is 16.7 Å². The third-order valence-electron chi connectivity index (χ3n) is 3.28. The molecule has 0 saturated heterocycles. The van der Waals surface area contributed by atoms with Crippen molar-refractivity contribution in [3.8, 4) is 0 Å². The first-order chi connectivity index (χ1) is 9.56. The molecule has 6 heteroatoms. The zero-order valence-electron chi connectivity index (χ0n) is 11.1. The number of hydrogen-bond acceptors (Lipinski definition) is 3. The molecule has 0 fully saturated rings. The number of nitrogens with zero attached hydrogens (tertiary/aromatic N) is 3. The first-order valence-corrected chi connectivity index (χ1v) is 6.24. The quantitative estimate of drug-likeness (QED) is 0.777. The molecule has 3 rings (SSSR count). The number of aromatic amines is 1. The topological polar surface area (TPSA) is 63.6 Å². The smallest absolute Gasteiger partial charge is 0.261 e. The molecule has 1 atom stereocenters. The fraction of sp³-hybridized carbons (Fsp3) is 0.214. The molecule has 0 radical (unpaired) electrons. The Morgan fingerprint density at radius 2 is 2.15 bits per heavy atom. The van der Waals surface area contributed by atoms with E-state index in [9.17, 15) is 9.18 Å². The van der Waals surface area contributed by atoms with Gasteiger partial charge >= 0.3 is 0 Å². The van der Waals surface area contributed by atoms with Crippen LogP contribution in [0.1, 0.15) is 24.5 Å². The minimum atomic E-state index is -0.406. The molecule has 0 bridgehead atoms. The summed E-state index contributed by atoms with van der Waals surface area (Å²) in [5, 5.41) is 0.393. The Bertz CT molecular complexity index is 837. The monoisotopic (exact) mass is 272 g/mol. The largest absolute Gasteiger partial charge is 0.344 e. The lowest BCUT2D eigenvalue weighted by atomic mass is 10.2. The van der Waals surface area contributed by atoms with E-state index in [1.54, 1.807) is 6.20 Å². The van der Waals surface area contributed by atoms with E-state index in [1.807, 2.05) is 13.8 Å². The summed E-state index contributed by atoms with van der Waals surface area (Å²) in [5.74, 6) is 0.282. The first-order valence-electron chi connectivity index (χ1n) is 6.24. The zero-order valence-corrected chi connectivity index (χ0v) is 11.1. The predicted octanol–water partition coefficient (Wildman–Crippen LogP) is 2.18. The van der Waals surface area contributed by atoms with Crippen molar-refractivity contribution >= 4 is 10.9 Å². The zero-order chi connectivity index (χ0) is 14.3. The third kappa shape index (κ3) is 1.99. The van der Waals surface area contributed by atoms with Crippen LogP contribution in [0.15, 0.2) is 35.5 Å². The van der Waals surface area contributed by atoms with E-state index >= 15 is 0 Å². The van der Waals surface area contributed by atoms with E-state index in [4.69, 9.17) is 0 Å². The number of halogens is 1. The Hall–Kier alpha value is -2.50. The van der Waals surface area contributed by atoms with Crippen molar-refractivity contribution in [1.82, 2.24) is 19.5 Å². The highest BCUT2D eigenvalue weighted by Crippen LogP contribution is 2.14. The molecular weight excluding hydrogens is 259 g/mol. The van der Waals surface area contributed by atoms with Gasteiger partial charge in [0.2, 0.25) is 0 Å². The lowest BCUT2D eigenvalue weighted by Crippen LogP contribution is -2.25. The van der Waals surface area contributed by atoms with Gasteiger partial charge in [-0.3, -0.25) is 9.36 Å². The summed E-state index contributed by atoms with van der Waals surface area (Å²) in [7, 11) is 0. The molecule has 0 amide bonds. The maximum atomic E-state index is 13.1. The van der Waals surface area contributed by atoms with Crippen LogP contribution < -0.4 is 5.56 Å². The summed E-state index contributed by atoms with van der Waals surface area (Å²) in [6.45, 7) is 3.75. The molecule has 1 unspecified atom stereocenters. The van der Waals surface area contributed by atoms with Crippen LogP contribution in [-0.2, 0) is 0 Å². The second-order valence-corrected chi connectivity index (χ2v) is 4.75. The highest BCUT2D eigenvalue weighted by molar-refractivity contribution is 5.77. The van der Waals surface area contributed by atoms with Crippen molar-refractivity contribution in [2.75, 3.05) is 0 Å². The average molecular weight is 272 g/mol. The summed E-state index contributed by atoms with van der Waals surface area (Å²) in [6.07, 6.45) is 3.13. The van der Waals surface area contributed by atoms with Crippen LogP contribution in [0.2, 0.25) is 0 Å². The number of aryl methyl sites for hydroxylation is 1. The molecule has 102 valence electrons. The van der Waals surface area contributed by atoms with Crippen molar-refractivity contribution in [1.29, 1.82) is 0 Å². The van der Waals surface area contributed by atoms with E-state index in [0.717, 1.165) is 5.69 Å². The number of hydrogen-bond donors (Lipinski definition) is 1. The van der Waals surface area contributed by atoms with Crippen molar-refractivity contribution in [2.24, 2.45) is 0 Å².